The molecule has 0 unspecified atom stereocenters. The summed E-state index contributed by atoms with van der Waals surface area (Å²) >= 11 is 0. The van der Waals surface area contributed by atoms with Gasteiger partial charge in [-0.15, -0.1) is 0 Å². The van der Waals surface area contributed by atoms with Gasteiger partial charge >= 0.3 is 6.09 Å². The van der Waals surface area contributed by atoms with Crippen molar-refractivity contribution >= 4 is 12.0 Å². The Kier molecular flexibility index (Phi) is 4.62. The minimum atomic E-state index is -1.00. The number of rotatable bonds is 3. The number of β-amino-alcohol motifs (C(OH)–C–C–N with tert-alkyl or cyclic N) is 1. The Morgan fingerprint density at radius 1 is 1.15 bits per heavy atom. The minimum absolute atomic E-state index is 0.0890. The van der Waals surface area contributed by atoms with Crippen LogP contribution in [0.1, 0.15) is 50.0 Å². The summed E-state index contributed by atoms with van der Waals surface area (Å²) in [6.07, 6.45) is 3.65. The topological polar surface area (TPSA) is 81.1 Å². The molecule has 2 heterocycles. The van der Waals surface area contributed by atoms with Gasteiger partial charge in [0.2, 0.25) is 5.91 Å². The second kappa shape index (κ2) is 6.82. The van der Waals surface area contributed by atoms with Gasteiger partial charge < -0.3 is 20.0 Å². The number of nitrogens with zero attached hydrogens (tertiary/aromatic N) is 2. The zero-order valence-electron chi connectivity index (χ0n) is 15.6. The summed E-state index contributed by atoms with van der Waals surface area (Å²) in [7, 11) is 0. The number of carbonyl (C=O) groups is 2. The van der Waals surface area contributed by atoms with Gasteiger partial charge in [-0.2, -0.15) is 0 Å². The molecule has 1 aromatic carbocycles. The Bertz CT molecular complexity index is 716. The lowest BCUT2D eigenvalue weighted by Gasteiger charge is -2.52. The van der Waals surface area contributed by atoms with Crippen LogP contribution in [0.15, 0.2) is 30.3 Å². The number of carbonyl (C=O) groups excluding carboxylic acids is 1. The number of amides is 2. The molecule has 2 atom stereocenters. The Morgan fingerprint density at radius 3 is 2.52 bits per heavy atom. The van der Waals surface area contributed by atoms with Crippen molar-refractivity contribution in [3.05, 3.63) is 35.9 Å². The van der Waals surface area contributed by atoms with E-state index in [0.29, 0.717) is 39.0 Å². The van der Waals surface area contributed by atoms with Crippen molar-refractivity contribution in [1.82, 2.24) is 9.80 Å². The number of likely N-dealkylation sites (tertiary alicyclic amines) is 2. The number of hydrogen-bond acceptors (Lipinski definition) is 3. The van der Waals surface area contributed by atoms with Gasteiger partial charge in [-0.25, -0.2) is 4.79 Å². The molecule has 1 aromatic rings. The Balaban J connectivity index is 1.52. The van der Waals surface area contributed by atoms with Crippen molar-refractivity contribution in [2.75, 3.05) is 26.2 Å². The fraction of sp³-hybridized carbons (Fsp3) is 0.619. The van der Waals surface area contributed by atoms with E-state index in [1.165, 1.54) is 4.90 Å². The summed E-state index contributed by atoms with van der Waals surface area (Å²) in [5.41, 5.74) is -0.262. The molecule has 2 amide bonds. The number of carboxylic acid groups (broad SMARTS) is 1. The number of hydrogen-bond donors (Lipinski definition) is 2. The van der Waals surface area contributed by atoms with Crippen molar-refractivity contribution in [1.29, 1.82) is 0 Å². The number of benzene rings is 1. The molecule has 1 spiro atoms. The monoisotopic (exact) mass is 372 g/mol. The van der Waals surface area contributed by atoms with E-state index >= 15 is 0 Å². The molecular weight excluding hydrogens is 344 g/mol. The van der Waals surface area contributed by atoms with Crippen molar-refractivity contribution in [3.63, 3.8) is 0 Å². The van der Waals surface area contributed by atoms with Gasteiger partial charge in [0, 0.05) is 37.4 Å². The van der Waals surface area contributed by atoms with Gasteiger partial charge in [-0.1, -0.05) is 43.2 Å². The van der Waals surface area contributed by atoms with E-state index in [4.69, 9.17) is 0 Å². The zero-order valence-corrected chi connectivity index (χ0v) is 15.6. The maximum absolute atomic E-state index is 12.7. The van der Waals surface area contributed by atoms with Gasteiger partial charge in [0.15, 0.2) is 0 Å². The molecule has 3 fully saturated rings. The van der Waals surface area contributed by atoms with Crippen LogP contribution in [0.4, 0.5) is 4.79 Å². The minimum Gasteiger partial charge on any atom is -0.465 e. The van der Waals surface area contributed by atoms with Gasteiger partial charge in [-0.05, 0) is 24.8 Å². The molecular formula is C21H28N2O4. The van der Waals surface area contributed by atoms with Crippen LogP contribution in [-0.4, -0.2) is 63.8 Å². The molecule has 0 radical (unpaired) electrons. The second-order valence-corrected chi connectivity index (χ2v) is 8.56. The molecule has 0 aromatic heterocycles. The molecule has 6 nitrogen and oxygen atoms in total. The average Bonchev–Trinajstić information content (AvgIpc) is 3.27. The van der Waals surface area contributed by atoms with E-state index in [2.05, 4.69) is 12.1 Å². The fourth-order valence-electron chi connectivity index (χ4n) is 5.45. The number of piperidine rings is 1. The average molecular weight is 372 g/mol. The first-order valence-corrected chi connectivity index (χ1v) is 9.95. The Morgan fingerprint density at radius 2 is 1.85 bits per heavy atom. The maximum atomic E-state index is 12.7. The third-order valence-corrected chi connectivity index (χ3v) is 7.05. The van der Waals surface area contributed by atoms with Crippen molar-refractivity contribution in [2.24, 2.45) is 5.41 Å². The van der Waals surface area contributed by atoms with Crippen LogP contribution in [0.3, 0.4) is 0 Å². The van der Waals surface area contributed by atoms with Crippen molar-refractivity contribution < 1.29 is 19.8 Å². The van der Waals surface area contributed by atoms with Gasteiger partial charge in [0.25, 0.3) is 0 Å². The van der Waals surface area contributed by atoms with Gasteiger partial charge in [-0.3, -0.25) is 4.79 Å². The summed E-state index contributed by atoms with van der Waals surface area (Å²) in [5, 5.41) is 21.1. The predicted molar refractivity (Wildman–Crippen MR) is 100 cm³/mol. The first kappa shape index (κ1) is 18.3. The summed E-state index contributed by atoms with van der Waals surface area (Å²) in [6, 6.07) is 10.1. The van der Waals surface area contributed by atoms with Crippen LogP contribution >= 0.6 is 0 Å². The van der Waals surface area contributed by atoms with Crippen LogP contribution < -0.4 is 0 Å². The molecule has 2 N–H and O–H groups in total. The van der Waals surface area contributed by atoms with Gasteiger partial charge in [0.1, 0.15) is 0 Å². The largest absolute Gasteiger partial charge is 0.465 e. The van der Waals surface area contributed by atoms with E-state index in [1.54, 1.807) is 0 Å². The van der Waals surface area contributed by atoms with Crippen molar-refractivity contribution in [2.45, 2.75) is 50.0 Å². The predicted octanol–water partition coefficient (Wildman–Crippen LogP) is 2.68. The molecule has 27 heavy (non-hydrogen) atoms. The Hall–Kier alpha value is -2.08. The molecule has 146 valence electrons. The summed E-state index contributed by atoms with van der Waals surface area (Å²) in [6.45, 7) is 1.66. The highest BCUT2D eigenvalue weighted by atomic mass is 16.4. The van der Waals surface area contributed by atoms with E-state index in [1.807, 2.05) is 23.1 Å². The van der Waals surface area contributed by atoms with E-state index < -0.39 is 17.1 Å². The first-order valence-electron chi connectivity index (χ1n) is 9.95. The van der Waals surface area contributed by atoms with Crippen LogP contribution in [0, 0.1) is 5.41 Å². The highest BCUT2D eigenvalue weighted by Crippen LogP contribution is 2.51. The normalized spacial score (nSPS) is 30.3. The lowest BCUT2D eigenvalue weighted by atomic mass is 9.65. The fourth-order valence-corrected chi connectivity index (χ4v) is 5.45. The molecule has 2 aliphatic heterocycles. The molecule has 1 saturated carbocycles. The summed E-state index contributed by atoms with van der Waals surface area (Å²) in [5.74, 6) is 0.257. The quantitative estimate of drug-likeness (QED) is 0.855. The van der Waals surface area contributed by atoms with Crippen LogP contribution in [-0.2, 0) is 4.79 Å². The molecule has 3 aliphatic rings. The molecule has 0 bridgehead atoms. The van der Waals surface area contributed by atoms with Gasteiger partial charge in [0.05, 0.1) is 12.1 Å². The van der Waals surface area contributed by atoms with Crippen LogP contribution in [0.25, 0.3) is 0 Å². The number of aliphatic hydroxyl groups is 1. The molecule has 6 heteroatoms. The van der Waals surface area contributed by atoms with E-state index in [-0.39, 0.29) is 11.8 Å². The molecule has 2 saturated heterocycles. The van der Waals surface area contributed by atoms with Crippen LogP contribution in [0.5, 0.6) is 0 Å². The summed E-state index contributed by atoms with van der Waals surface area (Å²) < 4.78 is 0. The smallest absolute Gasteiger partial charge is 0.407 e. The lowest BCUT2D eigenvalue weighted by Crippen LogP contribution is -2.63. The first-order chi connectivity index (χ1) is 12.9. The molecule has 4 rings (SSSR count). The van der Waals surface area contributed by atoms with E-state index in [0.717, 1.165) is 31.2 Å². The standard InChI is InChI=1S/C21H28N2O4/c24-18-12-17(16-6-2-1-3-7-16)13-23(18)15-21(27)10-11-22(19(25)26)14-20(21)8-4-5-9-20/h1-3,6-7,17,27H,4-5,8-15H2,(H,25,26)/t17-,21-/m1/s1. The van der Waals surface area contributed by atoms with Crippen molar-refractivity contribution in [3.8, 4) is 0 Å². The highest BCUT2D eigenvalue weighted by Gasteiger charge is 2.56. The second-order valence-electron chi connectivity index (χ2n) is 8.56. The van der Waals surface area contributed by atoms with E-state index in [9.17, 15) is 19.8 Å². The van der Waals surface area contributed by atoms with Crippen LogP contribution in [0.2, 0.25) is 0 Å². The lowest BCUT2D eigenvalue weighted by molar-refractivity contribution is -0.152. The summed E-state index contributed by atoms with van der Waals surface area (Å²) in [4.78, 5) is 27.4. The SMILES string of the molecule is O=C(O)N1CC[C@@](O)(CN2C[C@H](c3ccccc3)CC2=O)C2(CCCC2)C1. The third-order valence-electron chi connectivity index (χ3n) is 7.05. The highest BCUT2D eigenvalue weighted by molar-refractivity contribution is 5.80. The maximum Gasteiger partial charge on any atom is 0.407 e. The third kappa shape index (κ3) is 3.20. The Labute approximate surface area is 159 Å². The zero-order chi connectivity index (χ0) is 19.1. The molecule has 1 aliphatic carbocycles.